The third kappa shape index (κ3) is 4.40. The maximum Gasteiger partial charge on any atom is 0.338 e. The SMILES string of the molecule is CCOC(=O)c1ccc(N2C(=O)CC(NCc3ccc(N4CCCC4=O)cc3)C2=O)cc1. The van der Waals surface area contributed by atoms with Gasteiger partial charge in [0.1, 0.15) is 0 Å². The molecule has 8 heteroatoms. The largest absolute Gasteiger partial charge is 0.462 e. The van der Waals surface area contributed by atoms with E-state index in [1.165, 1.54) is 0 Å². The Morgan fingerprint density at radius 3 is 2.31 bits per heavy atom. The van der Waals surface area contributed by atoms with Crippen LogP contribution in [0.1, 0.15) is 42.1 Å². The number of rotatable bonds is 7. The van der Waals surface area contributed by atoms with Crippen molar-refractivity contribution in [3.63, 3.8) is 0 Å². The maximum atomic E-state index is 12.8. The smallest absolute Gasteiger partial charge is 0.338 e. The second-order valence-electron chi connectivity index (χ2n) is 7.79. The molecule has 1 N–H and O–H groups in total. The van der Waals surface area contributed by atoms with Gasteiger partial charge in [-0.1, -0.05) is 12.1 Å². The maximum absolute atomic E-state index is 12.8. The van der Waals surface area contributed by atoms with E-state index in [0.29, 0.717) is 24.2 Å². The minimum absolute atomic E-state index is 0.0683. The molecule has 0 aliphatic carbocycles. The highest BCUT2D eigenvalue weighted by Crippen LogP contribution is 2.25. The van der Waals surface area contributed by atoms with E-state index in [-0.39, 0.29) is 30.7 Å². The first kappa shape index (κ1) is 21.7. The fourth-order valence-corrected chi connectivity index (χ4v) is 3.98. The highest BCUT2D eigenvalue weighted by molar-refractivity contribution is 6.22. The van der Waals surface area contributed by atoms with Crippen LogP contribution >= 0.6 is 0 Å². The summed E-state index contributed by atoms with van der Waals surface area (Å²) in [4.78, 5) is 51.9. The number of carbonyl (C=O) groups is 4. The van der Waals surface area contributed by atoms with E-state index in [4.69, 9.17) is 4.74 Å². The summed E-state index contributed by atoms with van der Waals surface area (Å²) in [6, 6.07) is 13.3. The Kier molecular flexibility index (Phi) is 6.32. The predicted molar refractivity (Wildman–Crippen MR) is 118 cm³/mol. The molecule has 3 amide bonds. The van der Waals surface area contributed by atoms with Crippen LogP contribution in [0.2, 0.25) is 0 Å². The van der Waals surface area contributed by atoms with Crippen molar-refractivity contribution in [2.45, 2.75) is 38.8 Å². The average molecular weight is 435 g/mol. The van der Waals surface area contributed by atoms with Gasteiger partial charge in [0.25, 0.3) is 5.91 Å². The summed E-state index contributed by atoms with van der Waals surface area (Å²) in [5.41, 5.74) is 2.62. The van der Waals surface area contributed by atoms with Crippen LogP contribution in [0.5, 0.6) is 0 Å². The Hall–Kier alpha value is -3.52. The molecule has 2 aromatic carbocycles. The van der Waals surface area contributed by atoms with E-state index in [0.717, 1.165) is 29.1 Å². The van der Waals surface area contributed by atoms with Gasteiger partial charge in [-0.05, 0) is 55.3 Å². The Morgan fingerprint density at radius 1 is 1.00 bits per heavy atom. The normalized spacial score (nSPS) is 18.5. The molecule has 2 saturated heterocycles. The monoisotopic (exact) mass is 435 g/mol. The number of esters is 1. The quantitative estimate of drug-likeness (QED) is 0.530. The third-order valence-corrected chi connectivity index (χ3v) is 5.66. The lowest BCUT2D eigenvalue weighted by Gasteiger charge is -2.17. The number of carbonyl (C=O) groups excluding carboxylic acids is 4. The number of anilines is 2. The number of hydrogen-bond donors (Lipinski definition) is 1. The molecule has 0 aromatic heterocycles. The lowest BCUT2D eigenvalue weighted by molar-refractivity contribution is -0.122. The van der Waals surface area contributed by atoms with Crippen LogP contribution in [0.25, 0.3) is 0 Å². The van der Waals surface area contributed by atoms with Gasteiger partial charge in [-0.3, -0.25) is 14.4 Å². The second-order valence-corrected chi connectivity index (χ2v) is 7.79. The van der Waals surface area contributed by atoms with Gasteiger partial charge in [-0.2, -0.15) is 0 Å². The molecule has 2 heterocycles. The van der Waals surface area contributed by atoms with Crippen LogP contribution in [0.4, 0.5) is 11.4 Å². The van der Waals surface area contributed by atoms with Crippen LogP contribution in [0, 0.1) is 0 Å². The molecule has 0 saturated carbocycles. The first-order valence-corrected chi connectivity index (χ1v) is 10.7. The molecule has 0 bridgehead atoms. The molecule has 2 aliphatic rings. The van der Waals surface area contributed by atoms with Crippen LogP contribution in [-0.4, -0.2) is 42.9 Å². The minimum atomic E-state index is -0.618. The van der Waals surface area contributed by atoms with E-state index in [1.807, 2.05) is 24.3 Å². The number of amides is 3. The molecule has 166 valence electrons. The van der Waals surface area contributed by atoms with Crippen molar-refractivity contribution in [1.29, 1.82) is 0 Å². The summed E-state index contributed by atoms with van der Waals surface area (Å²) >= 11 is 0. The molecule has 1 unspecified atom stereocenters. The summed E-state index contributed by atoms with van der Waals surface area (Å²) in [5.74, 6) is -0.920. The second kappa shape index (κ2) is 9.32. The molecule has 0 radical (unpaired) electrons. The van der Waals surface area contributed by atoms with E-state index < -0.39 is 12.0 Å². The van der Waals surface area contributed by atoms with Crippen molar-refractivity contribution in [1.82, 2.24) is 5.32 Å². The summed E-state index contributed by atoms with van der Waals surface area (Å²) in [7, 11) is 0. The van der Waals surface area contributed by atoms with Crippen molar-refractivity contribution in [2.75, 3.05) is 23.0 Å². The average Bonchev–Trinajstić information content (AvgIpc) is 3.35. The molecule has 0 spiro atoms. The van der Waals surface area contributed by atoms with Crippen molar-refractivity contribution in [2.24, 2.45) is 0 Å². The van der Waals surface area contributed by atoms with Gasteiger partial charge in [-0.15, -0.1) is 0 Å². The van der Waals surface area contributed by atoms with Crippen molar-refractivity contribution < 1.29 is 23.9 Å². The first-order chi connectivity index (χ1) is 15.5. The van der Waals surface area contributed by atoms with Crippen LogP contribution in [-0.2, 0) is 25.7 Å². The van der Waals surface area contributed by atoms with E-state index in [9.17, 15) is 19.2 Å². The molecule has 2 fully saturated rings. The van der Waals surface area contributed by atoms with Crippen molar-refractivity contribution in [3.05, 3.63) is 59.7 Å². The molecule has 2 aromatic rings. The third-order valence-electron chi connectivity index (χ3n) is 5.66. The molecule has 8 nitrogen and oxygen atoms in total. The van der Waals surface area contributed by atoms with Crippen LogP contribution in [0.3, 0.4) is 0 Å². The van der Waals surface area contributed by atoms with E-state index >= 15 is 0 Å². The van der Waals surface area contributed by atoms with Crippen molar-refractivity contribution >= 4 is 35.1 Å². The predicted octanol–water partition coefficient (Wildman–Crippen LogP) is 2.41. The number of imide groups is 1. The number of ether oxygens (including phenoxy) is 1. The molecular formula is C24H25N3O5. The Bertz CT molecular complexity index is 1030. The van der Waals surface area contributed by atoms with Gasteiger partial charge in [0, 0.05) is 25.2 Å². The minimum Gasteiger partial charge on any atom is -0.462 e. The lowest BCUT2D eigenvalue weighted by atomic mass is 10.1. The topological polar surface area (TPSA) is 96.0 Å². The zero-order valence-corrected chi connectivity index (χ0v) is 17.9. The van der Waals surface area contributed by atoms with Crippen molar-refractivity contribution in [3.8, 4) is 0 Å². The molecular weight excluding hydrogens is 410 g/mol. The zero-order valence-electron chi connectivity index (χ0n) is 17.9. The van der Waals surface area contributed by atoms with Gasteiger partial charge < -0.3 is 15.0 Å². The zero-order chi connectivity index (χ0) is 22.7. The molecule has 1 atom stereocenters. The highest BCUT2D eigenvalue weighted by Gasteiger charge is 2.39. The lowest BCUT2D eigenvalue weighted by Crippen LogP contribution is -2.38. The standard InChI is InChI=1S/C24H25N3O5/c1-2-32-24(31)17-7-11-19(12-8-17)27-22(29)14-20(23(27)30)25-15-16-5-9-18(10-6-16)26-13-3-4-21(26)28/h5-12,20,25H,2-4,13-15H2,1H3. The van der Waals surface area contributed by atoms with Gasteiger partial charge in [0.2, 0.25) is 11.8 Å². The number of hydrogen-bond acceptors (Lipinski definition) is 6. The Morgan fingerprint density at radius 2 is 1.69 bits per heavy atom. The van der Waals surface area contributed by atoms with E-state index in [1.54, 1.807) is 36.1 Å². The molecule has 4 rings (SSSR count). The van der Waals surface area contributed by atoms with Crippen LogP contribution < -0.4 is 15.1 Å². The van der Waals surface area contributed by atoms with Gasteiger partial charge in [-0.25, -0.2) is 9.69 Å². The van der Waals surface area contributed by atoms with Gasteiger partial charge >= 0.3 is 5.97 Å². The van der Waals surface area contributed by atoms with E-state index in [2.05, 4.69) is 5.32 Å². The van der Waals surface area contributed by atoms with Crippen LogP contribution in [0.15, 0.2) is 48.5 Å². The summed E-state index contributed by atoms with van der Waals surface area (Å²) in [6.07, 6.45) is 1.53. The first-order valence-electron chi connectivity index (χ1n) is 10.7. The fraction of sp³-hybridized carbons (Fsp3) is 0.333. The number of nitrogens with one attached hydrogen (secondary N) is 1. The van der Waals surface area contributed by atoms with Gasteiger partial charge in [0.15, 0.2) is 0 Å². The molecule has 2 aliphatic heterocycles. The molecule has 32 heavy (non-hydrogen) atoms. The number of nitrogens with zero attached hydrogens (tertiary/aromatic N) is 2. The number of benzene rings is 2. The Balaban J connectivity index is 1.37. The fourth-order valence-electron chi connectivity index (χ4n) is 3.98. The summed E-state index contributed by atoms with van der Waals surface area (Å²) in [5, 5.41) is 3.16. The Labute approximate surface area is 186 Å². The summed E-state index contributed by atoms with van der Waals surface area (Å²) < 4.78 is 4.95. The highest BCUT2D eigenvalue weighted by atomic mass is 16.5. The van der Waals surface area contributed by atoms with Gasteiger partial charge in [0.05, 0.1) is 30.3 Å². The summed E-state index contributed by atoms with van der Waals surface area (Å²) in [6.45, 7) is 3.17.